The van der Waals surface area contributed by atoms with E-state index in [0.717, 1.165) is 5.69 Å². The predicted molar refractivity (Wildman–Crippen MR) is 53.5 cm³/mol. The molecule has 2 rings (SSSR count). The van der Waals surface area contributed by atoms with Gasteiger partial charge >= 0.3 is 0 Å². The monoisotopic (exact) mass is 192 g/mol. The van der Waals surface area contributed by atoms with Crippen molar-refractivity contribution < 1.29 is 4.52 Å². The molecule has 0 aliphatic carbocycles. The molecule has 0 saturated heterocycles. The summed E-state index contributed by atoms with van der Waals surface area (Å²) in [5, 5.41) is 4.31. The van der Waals surface area contributed by atoms with Crippen LogP contribution in [0.15, 0.2) is 15.4 Å². The highest BCUT2D eigenvalue weighted by Gasteiger charge is 2.11. The fourth-order valence-electron chi connectivity index (χ4n) is 1.44. The maximum Gasteiger partial charge on any atom is 0.261 e. The quantitative estimate of drug-likeness (QED) is 0.751. The number of aryl methyl sites for hydroxylation is 1. The number of nitrogens with zero attached hydrogens (tertiary/aromatic N) is 1. The minimum absolute atomic E-state index is 0.120. The zero-order valence-corrected chi connectivity index (χ0v) is 8.42. The van der Waals surface area contributed by atoms with Gasteiger partial charge in [-0.05, 0) is 12.8 Å². The summed E-state index contributed by atoms with van der Waals surface area (Å²) in [6.07, 6.45) is 0. The third kappa shape index (κ3) is 1.23. The Kier molecular flexibility index (Phi) is 1.91. The zero-order chi connectivity index (χ0) is 10.3. The van der Waals surface area contributed by atoms with Crippen LogP contribution in [-0.2, 0) is 0 Å². The number of nitrogens with one attached hydrogen (secondary N) is 1. The Balaban J connectivity index is 2.81. The second-order valence-corrected chi connectivity index (χ2v) is 3.72. The molecule has 0 fully saturated rings. The second kappa shape index (κ2) is 2.97. The van der Waals surface area contributed by atoms with E-state index < -0.39 is 0 Å². The lowest BCUT2D eigenvalue weighted by Gasteiger charge is -2.03. The lowest BCUT2D eigenvalue weighted by atomic mass is 10.1. The van der Waals surface area contributed by atoms with Crippen molar-refractivity contribution in [1.82, 2.24) is 10.1 Å². The van der Waals surface area contributed by atoms with Gasteiger partial charge in [-0.3, -0.25) is 4.79 Å². The van der Waals surface area contributed by atoms with E-state index in [1.165, 1.54) is 0 Å². The molecular formula is C10H12N2O2. The maximum atomic E-state index is 11.6. The number of aromatic nitrogens is 2. The molecule has 2 heterocycles. The lowest BCUT2D eigenvalue weighted by Crippen LogP contribution is -2.09. The van der Waals surface area contributed by atoms with Gasteiger partial charge in [0, 0.05) is 11.8 Å². The van der Waals surface area contributed by atoms with Crippen molar-refractivity contribution >= 4 is 11.0 Å². The first-order valence-corrected chi connectivity index (χ1v) is 4.59. The molecule has 0 aliphatic rings. The highest BCUT2D eigenvalue weighted by atomic mass is 16.5. The molecule has 0 aromatic carbocycles. The molecule has 0 radical (unpaired) electrons. The van der Waals surface area contributed by atoms with Crippen molar-refractivity contribution in [1.29, 1.82) is 0 Å². The summed E-state index contributed by atoms with van der Waals surface area (Å²) in [5.74, 6) is 0.275. The van der Waals surface area contributed by atoms with Gasteiger partial charge in [-0.15, -0.1) is 0 Å². The molecular weight excluding hydrogens is 180 g/mol. The van der Waals surface area contributed by atoms with Crippen molar-refractivity contribution in [2.75, 3.05) is 0 Å². The first-order chi connectivity index (χ1) is 6.59. The van der Waals surface area contributed by atoms with Crippen molar-refractivity contribution in [3.05, 3.63) is 27.8 Å². The van der Waals surface area contributed by atoms with E-state index in [-0.39, 0.29) is 11.5 Å². The Bertz CT molecular complexity index is 522. The maximum absolute atomic E-state index is 11.6. The van der Waals surface area contributed by atoms with Crippen LogP contribution in [0.4, 0.5) is 0 Å². The van der Waals surface area contributed by atoms with Gasteiger partial charge in [0.2, 0.25) is 0 Å². The summed E-state index contributed by atoms with van der Waals surface area (Å²) in [5.41, 5.74) is 1.95. The molecule has 4 nitrogen and oxygen atoms in total. The van der Waals surface area contributed by atoms with Gasteiger partial charge in [0.25, 0.3) is 5.56 Å². The summed E-state index contributed by atoms with van der Waals surface area (Å²) in [4.78, 5) is 14.5. The number of fused-ring (bicyclic) bond motifs is 1. The lowest BCUT2D eigenvalue weighted by molar-refractivity contribution is 0.450. The van der Waals surface area contributed by atoms with Gasteiger partial charge < -0.3 is 9.51 Å². The molecule has 0 aliphatic heterocycles. The molecule has 2 aromatic heterocycles. The summed E-state index contributed by atoms with van der Waals surface area (Å²) in [6.45, 7) is 5.79. The summed E-state index contributed by atoms with van der Waals surface area (Å²) >= 11 is 0. The highest BCUT2D eigenvalue weighted by molar-refractivity contribution is 5.78. The molecule has 74 valence electrons. The van der Waals surface area contributed by atoms with E-state index >= 15 is 0 Å². The molecule has 0 amide bonds. The van der Waals surface area contributed by atoms with Gasteiger partial charge in [-0.2, -0.15) is 0 Å². The van der Waals surface area contributed by atoms with Crippen molar-refractivity contribution in [3.63, 3.8) is 0 Å². The molecule has 0 saturated carbocycles. The molecule has 0 spiro atoms. The predicted octanol–water partition coefficient (Wildman–Crippen LogP) is 1.95. The average Bonchev–Trinajstić information content (AvgIpc) is 2.48. The van der Waals surface area contributed by atoms with Crippen LogP contribution in [0.1, 0.15) is 31.2 Å². The van der Waals surface area contributed by atoms with Gasteiger partial charge in [0.15, 0.2) is 5.58 Å². The van der Waals surface area contributed by atoms with Crippen LogP contribution < -0.4 is 5.56 Å². The van der Waals surface area contributed by atoms with E-state index in [0.29, 0.717) is 16.7 Å². The molecule has 14 heavy (non-hydrogen) atoms. The summed E-state index contributed by atoms with van der Waals surface area (Å²) in [7, 11) is 0. The van der Waals surface area contributed by atoms with Crippen LogP contribution in [0, 0.1) is 6.92 Å². The fourth-order valence-corrected chi connectivity index (χ4v) is 1.44. The molecule has 0 bridgehead atoms. The molecule has 1 N–H and O–H groups in total. The Hall–Kier alpha value is -1.58. The Morgan fingerprint density at radius 3 is 2.86 bits per heavy atom. The van der Waals surface area contributed by atoms with Gasteiger partial charge in [0.05, 0.1) is 5.69 Å². The van der Waals surface area contributed by atoms with Crippen molar-refractivity contribution in [2.24, 2.45) is 0 Å². The van der Waals surface area contributed by atoms with Crippen molar-refractivity contribution in [3.8, 4) is 0 Å². The highest BCUT2D eigenvalue weighted by Crippen LogP contribution is 2.17. The van der Waals surface area contributed by atoms with E-state index in [4.69, 9.17) is 4.52 Å². The number of hydrogen-bond donors (Lipinski definition) is 1. The SMILES string of the molecule is Cc1noc2cc(C(C)C)[nH]c(=O)c12. The van der Waals surface area contributed by atoms with Gasteiger partial charge in [-0.25, -0.2) is 0 Å². The third-order valence-corrected chi connectivity index (χ3v) is 2.28. The average molecular weight is 192 g/mol. The van der Waals surface area contributed by atoms with Gasteiger partial charge in [-0.1, -0.05) is 19.0 Å². The minimum atomic E-state index is -0.120. The van der Waals surface area contributed by atoms with Crippen LogP contribution >= 0.6 is 0 Å². The van der Waals surface area contributed by atoms with E-state index in [2.05, 4.69) is 10.1 Å². The Morgan fingerprint density at radius 1 is 1.50 bits per heavy atom. The molecule has 0 atom stereocenters. The smallest absolute Gasteiger partial charge is 0.261 e. The largest absolute Gasteiger partial charge is 0.356 e. The first-order valence-electron chi connectivity index (χ1n) is 4.59. The summed E-state index contributed by atoms with van der Waals surface area (Å²) in [6, 6.07) is 1.83. The van der Waals surface area contributed by atoms with Crippen molar-refractivity contribution in [2.45, 2.75) is 26.7 Å². The standard InChI is InChI=1S/C10H12N2O2/c1-5(2)7-4-8-9(10(13)11-7)6(3)12-14-8/h4-5H,1-3H3,(H,11,13). The molecule has 4 heteroatoms. The first kappa shape index (κ1) is 8.99. The van der Waals surface area contributed by atoms with E-state index in [1.54, 1.807) is 6.92 Å². The zero-order valence-electron chi connectivity index (χ0n) is 8.42. The third-order valence-electron chi connectivity index (χ3n) is 2.28. The Labute approximate surface area is 80.9 Å². The topological polar surface area (TPSA) is 58.9 Å². The summed E-state index contributed by atoms with van der Waals surface area (Å²) < 4.78 is 5.05. The van der Waals surface area contributed by atoms with Crippen LogP contribution in [0.5, 0.6) is 0 Å². The van der Waals surface area contributed by atoms with Crippen LogP contribution in [0.25, 0.3) is 11.0 Å². The van der Waals surface area contributed by atoms with Crippen LogP contribution in [-0.4, -0.2) is 10.1 Å². The number of H-pyrrole nitrogens is 1. The number of hydrogen-bond acceptors (Lipinski definition) is 3. The second-order valence-electron chi connectivity index (χ2n) is 3.72. The normalized spacial score (nSPS) is 11.4. The van der Waals surface area contributed by atoms with E-state index in [1.807, 2.05) is 19.9 Å². The van der Waals surface area contributed by atoms with Crippen LogP contribution in [0.2, 0.25) is 0 Å². The Morgan fingerprint density at radius 2 is 2.21 bits per heavy atom. The van der Waals surface area contributed by atoms with Crippen LogP contribution in [0.3, 0.4) is 0 Å². The fraction of sp³-hybridized carbons (Fsp3) is 0.400. The molecule has 0 unspecified atom stereocenters. The number of aromatic amines is 1. The number of rotatable bonds is 1. The van der Waals surface area contributed by atoms with E-state index in [9.17, 15) is 4.79 Å². The molecule has 2 aromatic rings. The minimum Gasteiger partial charge on any atom is -0.356 e. The number of pyridine rings is 1. The van der Waals surface area contributed by atoms with Gasteiger partial charge in [0.1, 0.15) is 5.39 Å².